The van der Waals surface area contributed by atoms with Crippen molar-refractivity contribution >= 4 is 23.8 Å². The van der Waals surface area contributed by atoms with E-state index in [1.165, 1.54) is 16.7 Å². The van der Waals surface area contributed by atoms with Gasteiger partial charge in [0.2, 0.25) is 0 Å². The molecule has 1 heterocycles. The minimum absolute atomic E-state index is 0.215. The van der Waals surface area contributed by atoms with Crippen molar-refractivity contribution < 1.29 is 23.8 Å². The molecule has 1 aromatic carbocycles. The summed E-state index contributed by atoms with van der Waals surface area (Å²) in [5.74, 6) is 0.400. The number of carbonyl (C=O) groups is 2. The van der Waals surface area contributed by atoms with Gasteiger partial charge in [0.05, 0.1) is 6.04 Å². The fourth-order valence-corrected chi connectivity index (χ4v) is 4.36. The summed E-state index contributed by atoms with van der Waals surface area (Å²) in [7, 11) is 3.18. The van der Waals surface area contributed by atoms with E-state index in [0.717, 1.165) is 12.0 Å². The largest absolute Gasteiger partial charge is 0.447 e. The number of hydrogen-bond acceptors (Lipinski definition) is 6. The number of nitrogens with zero attached hydrogens (tertiary/aromatic N) is 1. The number of hydrogen-bond donors (Lipinski definition) is 0. The molecule has 160 valence electrons. The number of allylic oxidation sites excluding steroid dienone is 1. The highest BCUT2D eigenvalue weighted by Crippen LogP contribution is 2.33. The van der Waals surface area contributed by atoms with Gasteiger partial charge in [0.25, 0.3) is 5.91 Å². The summed E-state index contributed by atoms with van der Waals surface area (Å²) in [4.78, 5) is 27.2. The third-order valence-electron chi connectivity index (χ3n) is 4.87. The maximum atomic E-state index is 13.5. The second-order valence-electron chi connectivity index (χ2n) is 7.05. The smallest absolute Gasteiger partial charge is 0.417 e. The summed E-state index contributed by atoms with van der Waals surface area (Å²) in [5, 5.41) is 0. The van der Waals surface area contributed by atoms with E-state index in [1.807, 2.05) is 56.3 Å². The molecule has 1 saturated heterocycles. The molecule has 0 spiro atoms. The monoisotopic (exact) mass is 421 g/mol. The molecule has 2 rings (SSSR count). The summed E-state index contributed by atoms with van der Waals surface area (Å²) < 4.78 is 14.8. The molecule has 2 atom stereocenters. The minimum Gasteiger partial charge on any atom is -0.447 e. The average molecular weight is 422 g/mol. The van der Waals surface area contributed by atoms with Crippen LogP contribution in [0.15, 0.2) is 42.5 Å². The van der Waals surface area contributed by atoms with Gasteiger partial charge in [0.15, 0.2) is 6.29 Å². The van der Waals surface area contributed by atoms with E-state index in [9.17, 15) is 9.59 Å². The highest BCUT2D eigenvalue weighted by atomic mass is 32.2. The number of cyclic esters (lactones) is 1. The molecule has 1 aromatic rings. The number of methoxy groups -OCH3 is 2. The van der Waals surface area contributed by atoms with Crippen molar-refractivity contribution in [1.29, 1.82) is 0 Å². The van der Waals surface area contributed by atoms with E-state index in [0.29, 0.717) is 18.6 Å². The maximum Gasteiger partial charge on any atom is 0.417 e. The summed E-state index contributed by atoms with van der Waals surface area (Å²) in [5.41, 5.74) is 1.06. The van der Waals surface area contributed by atoms with Crippen molar-refractivity contribution in [3.63, 3.8) is 0 Å². The Labute approximate surface area is 177 Å². The van der Waals surface area contributed by atoms with Crippen LogP contribution in [0.4, 0.5) is 4.79 Å². The fourth-order valence-electron chi connectivity index (χ4n) is 3.21. The van der Waals surface area contributed by atoms with Crippen molar-refractivity contribution in [1.82, 2.24) is 4.90 Å². The first-order valence-electron chi connectivity index (χ1n) is 9.86. The number of imide groups is 1. The maximum absolute atomic E-state index is 13.5. The Bertz CT molecular complexity index is 692. The molecule has 7 heteroatoms. The van der Waals surface area contributed by atoms with Gasteiger partial charge < -0.3 is 14.2 Å². The molecular formula is C22H31NO5S. The SMILES string of the molecule is CC/C=C/[C@](C)(SCCC(OC)OC)C(=O)N1C(=O)OC[C@H]1Cc1ccccc1. The lowest BCUT2D eigenvalue weighted by Crippen LogP contribution is -2.49. The molecule has 0 unspecified atom stereocenters. The molecule has 1 fully saturated rings. The molecule has 0 saturated carbocycles. The Hall–Kier alpha value is -1.83. The molecule has 6 nitrogen and oxygen atoms in total. The second-order valence-corrected chi connectivity index (χ2v) is 8.60. The molecule has 29 heavy (non-hydrogen) atoms. The summed E-state index contributed by atoms with van der Waals surface area (Å²) in [6.07, 6.45) is 4.98. The molecule has 0 aliphatic carbocycles. The molecule has 1 aliphatic rings. The number of benzene rings is 1. The number of carbonyl (C=O) groups excluding carboxylic acids is 2. The number of rotatable bonds is 11. The van der Waals surface area contributed by atoms with Crippen LogP contribution >= 0.6 is 11.8 Å². The first-order chi connectivity index (χ1) is 13.9. The van der Waals surface area contributed by atoms with Gasteiger partial charge in [-0.1, -0.05) is 49.4 Å². The van der Waals surface area contributed by atoms with Crippen LogP contribution in [0.3, 0.4) is 0 Å². The molecule has 0 aromatic heterocycles. The lowest BCUT2D eigenvalue weighted by molar-refractivity contribution is -0.130. The van der Waals surface area contributed by atoms with Crippen molar-refractivity contribution in [2.75, 3.05) is 26.6 Å². The average Bonchev–Trinajstić information content (AvgIpc) is 3.09. The van der Waals surface area contributed by atoms with Crippen LogP contribution in [-0.2, 0) is 25.4 Å². The summed E-state index contributed by atoms with van der Waals surface area (Å²) in [6.45, 7) is 4.08. The molecule has 0 N–H and O–H groups in total. The van der Waals surface area contributed by atoms with Crippen LogP contribution in [0.25, 0.3) is 0 Å². The van der Waals surface area contributed by atoms with Gasteiger partial charge in [-0.3, -0.25) is 4.79 Å². The van der Waals surface area contributed by atoms with Gasteiger partial charge in [0, 0.05) is 20.6 Å². The van der Waals surface area contributed by atoms with Crippen LogP contribution < -0.4 is 0 Å². The lowest BCUT2D eigenvalue weighted by Gasteiger charge is -2.30. The van der Waals surface area contributed by atoms with Gasteiger partial charge >= 0.3 is 6.09 Å². The first kappa shape index (κ1) is 23.4. The summed E-state index contributed by atoms with van der Waals surface area (Å²) >= 11 is 1.48. The zero-order chi connectivity index (χ0) is 21.3. The highest BCUT2D eigenvalue weighted by Gasteiger charge is 2.45. The third kappa shape index (κ3) is 6.32. The van der Waals surface area contributed by atoms with E-state index in [4.69, 9.17) is 14.2 Å². The van der Waals surface area contributed by atoms with Crippen molar-refractivity contribution in [3.05, 3.63) is 48.0 Å². The number of thioether (sulfide) groups is 1. The van der Waals surface area contributed by atoms with E-state index < -0.39 is 10.8 Å². The fraction of sp³-hybridized carbons (Fsp3) is 0.545. The molecule has 2 amide bonds. The normalized spacial score (nSPS) is 19.0. The predicted molar refractivity (Wildman–Crippen MR) is 115 cm³/mol. The van der Waals surface area contributed by atoms with Crippen LogP contribution in [-0.4, -0.2) is 60.6 Å². The van der Waals surface area contributed by atoms with E-state index in [1.54, 1.807) is 14.2 Å². The van der Waals surface area contributed by atoms with Gasteiger partial charge in [-0.15, -0.1) is 11.8 Å². The Morgan fingerprint density at radius 2 is 2.03 bits per heavy atom. The molecular weight excluding hydrogens is 390 g/mol. The lowest BCUT2D eigenvalue weighted by atomic mass is 10.0. The zero-order valence-corrected chi connectivity index (χ0v) is 18.4. The van der Waals surface area contributed by atoms with Gasteiger partial charge in [-0.2, -0.15) is 0 Å². The quantitative estimate of drug-likeness (QED) is 0.397. The number of ether oxygens (including phenoxy) is 3. The Balaban J connectivity index is 2.16. The zero-order valence-electron chi connectivity index (χ0n) is 17.6. The van der Waals surface area contributed by atoms with Crippen LogP contribution in [0.5, 0.6) is 0 Å². The van der Waals surface area contributed by atoms with Crippen molar-refractivity contribution in [2.45, 2.75) is 50.2 Å². The van der Waals surface area contributed by atoms with E-state index in [2.05, 4.69) is 0 Å². The second kappa shape index (κ2) is 11.4. The Morgan fingerprint density at radius 3 is 2.66 bits per heavy atom. The van der Waals surface area contributed by atoms with E-state index >= 15 is 0 Å². The predicted octanol–water partition coefficient (Wildman–Crippen LogP) is 4.04. The molecule has 0 radical (unpaired) electrons. The number of amides is 2. The topological polar surface area (TPSA) is 65.1 Å². The minimum atomic E-state index is -0.875. The first-order valence-corrected chi connectivity index (χ1v) is 10.8. The Morgan fingerprint density at radius 1 is 1.34 bits per heavy atom. The van der Waals surface area contributed by atoms with Crippen LogP contribution in [0, 0.1) is 0 Å². The molecule has 0 bridgehead atoms. The molecule has 1 aliphatic heterocycles. The Kier molecular flexibility index (Phi) is 9.20. The third-order valence-corrected chi connectivity index (χ3v) is 6.22. The van der Waals surface area contributed by atoms with Gasteiger partial charge in [-0.05, 0) is 31.1 Å². The van der Waals surface area contributed by atoms with Crippen LogP contribution in [0.2, 0.25) is 0 Å². The van der Waals surface area contributed by atoms with Crippen molar-refractivity contribution in [3.8, 4) is 0 Å². The van der Waals surface area contributed by atoms with Gasteiger partial charge in [0.1, 0.15) is 11.4 Å². The standard InChI is InChI=1S/C22H31NO5S/c1-5-6-13-22(2,29-14-12-19(26-3)27-4)20(24)23-18(16-28-21(23)25)15-17-10-8-7-9-11-17/h6-11,13,18-19H,5,12,14-16H2,1-4H3/b13-6+/t18-,22+/m1/s1. The van der Waals surface area contributed by atoms with Gasteiger partial charge in [-0.25, -0.2) is 9.69 Å². The summed E-state index contributed by atoms with van der Waals surface area (Å²) in [6, 6.07) is 9.52. The van der Waals surface area contributed by atoms with E-state index in [-0.39, 0.29) is 24.8 Å². The van der Waals surface area contributed by atoms with Crippen molar-refractivity contribution in [2.24, 2.45) is 0 Å². The highest BCUT2D eigenvalue weighted by molar-refractivity contribution is 8.01. The van der Waals surface area contributed by atoms with Crippen LogP contribution in [0.1, 0.15) is 32.3 Å².